The molecule has 23 heavy (non-hydrogen) atoms. The summed E-state index contributed by atoms with van der Waals surface area (Å²) in [5.41, 5.74) is 1.93. The Balaban J connectivity index is 0.000000379. The van der Waals surface area contributed by atoms with E-state index in [1.165, 1.54) is 36.6 Å². The lowest BCUT2D eigenvalue weighted by Crippen LogP contribution is -2.23. The second-order valence-electron chi connectivity index (χ2n) is 6.00. The molecule has 0 unspecified atom stereocenters. The van der Waals surface area contributed by atoms with Crippen molar-refractivity contribution in [2.24, 2.45) is 0 Å². The summed E-state index contributed by atoms with van der Waals surface area (Å²) < 4.78 is 0. The van der Waals surface area contributed by atoms with Gasteiger partial charge in [0, 0.05) is 31.1 Å². The first kappa shape index (κ1) is 18.9. The molecule has 0 radical (unpaired) electrons. The third-order valence-corrected chi connectivity index (χ3v) is 3.59. The minimum atomic E-state index is -0.258. The van der Waals surface area contributed by atoms with E-state index in [1.54, 1.807) is 14.1 Å². The SMILES string of the molecule is CCCCCC.Cc1ccc2[nH]c(=O)cc(C(=O)N(C)C)c2c1. The average Bonchev–Trinajstić information content (AvgIpc) is 2.52. The zero-order valence-electron chi connectivity index (χ0n) is 14.9. The Labute approximate surface area is 138 Å². The van der Waals surface area contributed by atoms with Crippen molar-refractivity contribution in [2.75, 3.05) is 14.1 Å². The predicted molar refractivity (Wildman–Crippen MR) is 97.1 cm³/mol. The molecular formula is C19H28N2O2. The highest BCUT2D eigenvalue weighted by atomic mass is 16.2. The van der Waals surface area contributed by atoms with E-state index in [-0.39, 0.29) is 11.5 Å². The Morgan fingerprint density at radius 2 is 1.70 bits per heavy atom. The summed E-state index contributed by atoms with van der Waals surface area (Å²) in [7, 11) is 3.34. The molecule has 4 nitrogen and oxygen atoms in total. The van der Waals surface area contributed by atoms with Crippen LogP contribution in [0.3, 0.4) is 0 Å². The summed E-state index contributed by atoms with van der Waals surface area (Å²) in [4.78, 5) is 27.7. The molecule has 0 aliphatic rings. The molecule has 0 fully saturated rings. The minimum absolute atomic E-state index is 0.160. The lowest BCUT2D eigenvalue weighted by atomic mass is 10.1. The standard InChI is InChI=1S/C13H14N2O2.C6H14/c1-8-4-5-11-9(6-8)10(7-12(16)14-11)13(17)15(2)3;1-3-5-6-4-2/h4-7H,1-3H3,(H,14,16);3-6H2,1-2H3. The maximum absolute atomic E-state index is 12.0. The van der Waals surface area contributed by atoms with E-state index in [4.69, 9.17) is 0 Å². The fraction of sp³-hybridized carbons (Fsp3) is 0.474. The molecule has 126 valence electrons. The quantitative estimate of drug-likeness (QED) is 0.862. The number of H-pyrrole nitrogens is 1. The van der Waals surface area contributed by atoms with Crippen LogP contribution in [0.5, 0.6) is 0 Å². The highest BCUT2D eigenvalue weighted by molar-refractivity contribution is 6.05. The zero-order chi connectivity index (χ0) is 17.4. The van der Waals surface area contributed by atoms with Crippen LogP contribution < -0.4 is 5.56 Å². The van der Waals surface area contributed by atoms with Crippen LogP contribution in [0.2, 0.25) is 0 Å². The van der Waals surface area contributed by atoms with Gasteiger partial charge in [-0.05, 0) is 19.1 Å². The van der Waals surface area contributed by atoms with Gasteiger partial charge in [0.2, 0.25) is 5.56 Å². The first-order chi connectivity index (χ1) is 10.9. The van der Waals surface area contributed by atoms with Gasteiger partial charge in [-0.25, -0.2) is 0 Å². The Kier molecular flexibility index (Phi) is 7.52. The lowest BCUT2D eigenvalue weighted by Gasteiger charge is -2.12. The topological polar surface area (TPSA) is 53.2 Å². The zero-order valence-corrected chi connectivity index (χ0v) is 14.9. The van der Waals surface area contributed by atoms with E-state index in [2.05, 4.69) is 18.8 Å². The van der Waals surface area contributed by atoms with Crippen molar-refractivity contribution in [2.45, 2.75) is 46.5 Å². The molecule has 2 aromatic rings. The number of nitrogens with one attached hydrogen (secondary N) is 1. The number of aromatic amines is 1. The fourth-order valence-electron chi connectivity index (χ4n) is 2.29. The van der Waals surface area contributed by atoms with Crippen molar-refractivity contribution in [1.82, 2.24) is 9.88 Å². The number of nitrogens with zero attached hydrogens (tertiary/aromatic N) is 1. The summed E-state index contributed by atoms with van der Waals surface area (Å²) in [6, 6.07) is 6.98. The fourth-order valence-corrected chi connectivity index (χ4v) is 2.29. The first-order valence-electron chi connectivity index (χ1n) is 8.26. The Bertz CT molecular complexity index is 698. The minimum Gasteiger partial charge on any atom is -0.345 e. The number of fused-ring (bicyclic) bond motifs is 1. The number of unbranched alkanes of at least 4 members (excludes halogenated alkanes) is 3. The van der Waals surface area contributed by atoms with Crippen LogP contribution >= 0.6 is 0 Å². The number of hydrogen-bond acceptors (Lipinski definition) is 2. The van der Waals surface area contributed by atoms with Crippen LogP contribution in [0.15, 0.2) is 29.1 Å². The third-order valence-electron chi connectivity index (χ3n) is 3.59. The van der Waals surface area contributed by atoms with Gasteiger partial charge in [-0.15, -0.1) is 0 Å². The molecular weight excluding hydrogens is 288 g/mol. The molecule has 2 rings (SSSR count). The number of aromatic nitrogens is 1. The number of amides is 1. The van der Waals surface area contributed by atoms with Crippen molar-refractivity contribution in [3.8, 4) is 0 Å². The van der Waals surface area contributed by atoms with E-state index in [1.807, 2.05) is 25.1 Å². The number of pyridine rings is 1. The van der Waals surface area contributed by atoms with Crippen LogP contribution in [-0.2, 0) is 0 Å². The van der Waals surface area contributed by atoms with Crippen LogP contribution in [0.25, 0.3) is 10.9 Å². The van der Waals surface area contributed by atoms with Gasteiger partial charge < -0.3 is 9.88 Å². The van der Waals surface area contributed by atoms with Gasteiger partial charge in [0.25, 0.3) is 5.91 Å². The third kappa shape index (κ3) is 5.55. The van der Waals surface area contributed by atoms with Crippen LogP contribution in [-0.4, -0.2) is 29.9 Å². The van der Waals surface area contributed by atoms with Gasteiger partial charge in [0.15, 0.2) is 0 Å². The number of benzene rings is 1. The van der Waals surface area contributed by atoms with E-state index in [0.29, 0.717) is 11.1 Å². The normalized spacial score (nSPS) is 10.1. The second-order valence-corrected chi connectivity index (χ2v) is 6.00. The molecule has 0 spiro atoms. The Morgan fingerprint density at radius 3 is 2.22 bits per heavy atom. The van der Waals surface area contributed by atoms with Gasteiger partial charge in [-0.1, -0.05) is 51.2 Å². The van der Waals surface area contributed by atoms with Crippen LogP contribution in [0, 0.1) is 6.92 Å². The molecule has 1 aromatic heterocycles. The number of hydrogen-bond donors (Lipinski definition) is 1. The van der Waals surface area contributed by atoms with Gasteiger partial charge in [0.1, 0.15) is 0 Å². The van der Waals surface area contributed by atoms with Gasteiger partial charge >= 0.3 is 0 Å². The molecule has 4 heteroatoms. The molecule has 1 N–H and O–H groups in total. The van der Waals surface area contributed by atoms with Crippen LogP contribution in [0.4, 0.5) is 0 Å². The Hall–Kier alpha value is -2.10. The molecule has 1 aromatic carbocycles. The summed E-state index contributed by atoms with van der Waals surface area (Å²) in [5.74, 6) is -0.160. The maximum Gasteiger partial charge on any atom is 0.254 e. The first-order valence-corrected chi connectivity index (χ1v) is 8.26. The molecule has 0 saturated heterocycles. The molecule has 0 atom stereocenters. The maximum atomic E-state index is 12.0. The Morgan fingerprint density at radius 1 is 1.09 bits per heavy atom. The lowest BCUT2D eigenvalue weighted by molar-refractivity contribution is 0.0829. The van der Waals surface area contributed by atoms with Gasteiger partial charge in [-0.2, -0.15) is 0 Å². The summed E-state index contributed by atoms with van der Waals surface area (Å²) >= 11 is 0. The highest BCUT2D eigenvalue weighted by Crippen LogP contribution is 2.17. The average molecular weight is 316 g/mol. The smallest absolute Gasteiger partial charge is 0.254 e. The number of carbonyl (C=O) groups excluding carboxylic acids is 1. The highest BCUT2D eigenvalue weighted by Gasteiger charge is 2.13. The van der Waals surface area contributed by atoms with E-state index in [0.717, 1.165) is 10.9 Å². The van der Waals surface area contributed by atoms with Gasteiger partial charge in [-0.3, -0.25) is 9.59 Å². The number of carbonyl (C=O) groups is 1. The van der Waals surface area contributed by atoms with Crippen molar-refractivity contribution in [3.63, 3.8) is 0 Å². The number of aryl methyl sites for hydroxylation is 1. The summed E-state index contributed by atoms with van der Waals surface area (Å²) in [5, 5.41) is 0.781. The monoisotopic (exact) mass is 316 g/mol. The van der Waals surface area contributed by atoms with Crippen LogP contribution in [0.1, 0.15) is 55.5 Å². The predicted octanol–water partition coefficient (Wildman–Crippen LogP) is 4.12. The van der Waals surface area contributed by atoms with E-state index < -0.39 is 0 Å². The molecule has 0 aliphatic carbocycles. The molecule has 1 heterocycles. The molecule has 0 aliphatic heterocycles. The summed E-state index contributed by atoms with van der Waals surface area (Å²) in [6.45, 7) is 6.42. The summed E-state index contributed by atoms with van der Waals surface area (Å²) in [6.07, 6.45) is 5.54. The number of rotatable bonds is 4. The molecule has 1 amide bonds. The van der Waals surface area contributed by atoms with Crippen molar-refractivity contribution < 1.29 is 4.79 Å². The van der Waals surface area contributed by atoms with Crippen molar-refractivity contribution >= 4 is 16.8 Å². The van der Waals surface area contributed by atoms with Gasteiger partial charge in [0.05, 0.1) is 5.56 Å². The van der Waals surface area contributed by atoms with Crippen molar-refractivity contribution in [3.05, 3.63) is 45.7 Å². The largest absolute Gasteiger partial charge is 0.345 e. The van der Waals surface area contributed by atoms with E-state index >= 15 is 0 Å². The molecule has 0 saturated carbocycles. The van der Waals surface area contributed by atoms with Crippen molar-refractivity contribution in [1.29, 1.82) is 0 Å². The van der Waals surface area contributed by atoms with E-state index in [9.17, 15) is 9.59 Å². The second kappa shape index (κ2) is 9.13. The molecule has 0 bridgehead atoms.